The normalized spacial score (nSPS) is 14.5. The fourth-order valence-electron chi connectivity index (χ4n) is 2.94. The highest BCUT2D eigenvalue weighted by molar-refractivity contribution is 6.87. The summed E-state index contributed by atoms with van der Waals surface area (Å²) in [4.78, 5) is 0. The molecule has 0 spiro atoms. The predicted octanol–water partition coefficient (Wildman–Crippen LogP) is 5.03. The number of hydrogen-bond donors (Lipinski definition) is 0. The molecule has 0 amide bonds. The number of quaternary nitrogens is 1. The summed E-state index contributed by atoms with van der Waals surface area (Å²) in [5.74, 6) is 0. The molecule has 0 bridgehead atoms. The summed E-state index contributed by atoms with van der Waals surface area (Å²) in [5, 5.41) is 0. The maximum absolute atomic E-state index is 6.58. The van der Waals surface area contributed by atoms with Gasteiger partial charge in [0.2, 0.25) is 0 Å². The molecule has 0 saturated heterocycles. The van der Waals surface area contributed by atoms with E-state index < -0.39 is 25.2 Å². The molecule has 0 aliphatic heterocycles. The molecule has 0 aliphatic carbocycles. The summed E-state index contributed by atoms with van der Waals surface area (Å²) < 4.78 is 14.3. The van der Waals surface area contributed by atoms with Gasteiger partial charge in [-0.1, -0.05) is 13.3 Å². The molecule has 0 aromatic heterocycles. The van der Waals surface area contributed by atoms with Gasteiger partial charge in [0.25, 0.3) is 0 Å². The Labute approximate surface area is 143 Å². The van der Waals surface area contributed by atoms with Crippen LogP contribution in [0.3, 0.4) is 0 Å². The molecule has 0 fully saturated rings. The quantitative estimate of drug-likeness (QED) is 0.378. The van der Waals surface area contributed by atoms with E-state index in [1.165, 1.54) is 32.4 Å². The second-order valence-corrected chi connectivity index (χ2v) is 22.3. The van der Waals surface area contributed by atoms with E-state index in [1.807, 2.05) is 0 Å². The van der Waals surface area contributed by atoms with E-state index in [0.29, 0.717) is 0 Å². The van der Waals surface area contributed by atoms with Gasteiger partial charge in [0.1, 0.15) is 0 Å². The molecule has 0 aliphatic rings. The van der Waals surface area contributed by atoms with Crippen LogP contribution >= 0.6 is 0 Å². The number of rotatable bonds is 11. The lowest BCUT2D eigenvalue weighted by molar-refractivity contribution is -0.890. The summed E-state index contributed by atoms with van der Waals surface area (Å²) in [6, 6.07) is 1.13. The fraction of sp³-hybridized carbons (Fsp3) is 1.00. The first-order valence-electron chi connectivity index (χ1n) is 8.90. The van der Waals surface area contributed by atoms with Gasteiger partial charge in [-0.3, -0.25) is 0 Å². The highest BCUT2D eigenvalue weighted by Crippen LogP contribution is 2.25. The highest BCUT2D eigenvalue weighted by atomic mass is 28.5. The number of nitrogens with zero attached hydrogens (tertiary/aromatic N) is 1. The van der Waals surface area contributed by atoms with Gasteiger partial charge in [0.05, 0.1) is 27.2 Å². The van der Waals surface area contributed by atoms with Gasteiger partial charge in [-0.05, 0) is 64.7 Å². The summed E-state index contributed by atoms with van der Waals surface area (Å²) in [7, 11) is -0.440. The monoisotopic (exact) mass is 364 g/mol. The molecule has 0 heterocycles. The Balaban J connectivity index is 4.66. The van der Waals surface area contributed by atoms with Crippen molar-refractivity contribution in [1.82, 2.24) is 0 Å². The molecular formula is C16H42NO2Si3+. The summed E-state index contributed by atoms with van der Waals surface area (Å²) in [6.45, 7) is 20.8. The van der Waals surface area contributed by atoms with Gasteiger partial charge in [0.15, 0.2) is 16.6 Å². The van der Waals surface area contributed by atoms with Crippen molar-refractivity contribution in [1.29, 1.82) is 0 Å². The number of hydrogen-bond acceptors (Lipinski definition) is 2. The average Bonchev–Trinajstić information content (AvgIpc) is 2.20. The minimum atomic E-state index is -2.04. The predicted molar refractivity (Wildman–Crippen MR) is 107 cm³/mol. The summed E-state index contributed by atoms with van der Waals surface area (Å²) >= 11 is 0. The Hall–Kier alpha value is 0.531. The maximum Gasteiger partial charge on any atom is 0.314 e. The Morgan fingerprint density at radius 2 is 1.14 bits per heavy atom. The van der Waals surface area contributed by atoms with E-state index in [0.717, 1.165) is 10.5 Å². The molecule has 0 atom stereocenters. The smallest absolute Gasteiger partial charge is 0.314 e. The van der Waals surface area contributed by atoms with Crippen molar-refractivity contribution < 1.29 is 12.7 Å². The van der Waals surface area contributed by atoms with Crippen LogP contribution in [0.4, 0.5) is 0 Å². The van der Waals surface area contributed by atoms with Crippen LogP contribution in [0.15, 0.2) is 0 Å². The number of unbranched alkanes of at least 4 members (excludes halogenated alkanes) is 1. The van der Waals surface area contributed by atoms with Crippen molar-refractivity contribution in [2.75, 3.05) is 27.2 Å². The standard InChI is InChI=1S/C16H42NO2Si3/c1-11-12-14-17(2,3)15-13-16-22(10,18-20(4,5)6)19-21(7,8)9/h11-16H2,1-10H3/q+1. The molecule has 6 heteroatoms. The van der Waals surface area contributed by atoms with Crippen molar-refractivity contribution in [3.05, 3.63) is 0 Å². The SMILES string of the molecule is CCCC[N+](C)(C)CCC[Si](C)(O[Si](C)(C)C)O[Si](C)(C)C. The first kappa shape index (κ1) is 22.5. The van der Waals surface area contributed by atoms with Crippen LogP contribution in [0.5, 0.6) is 0 Å². The Morgan fingerprint density at radius 1 is 0.727 bits per heavy atom. The van der Waals surface area contributed by atoms with Crippen LogP contribution < -0.4 is 0 Å². The van der Waals surface area contributed by atoms with Gasteiger partial charge < -0.3 is 12.7 Å². The van der Waals surface area contributed by atoms with E-state index in [4.69, 9.17) is 8.23 Å². The molecule has 0 unspecified atom stereocenters. The topological polar surface area (TPSA) is 18.5 Å². The van der Waals surface area contributed by atoms with Gasteiger partial charge in [-0.15, -0.1) is 0 Å². The van der Waals surface area contributed by atoms with Crippen LogP contribution in [0, 0.1) is 0 Å². The first-order chi connectivity index (χ1) is 9.68. The zero-order valence-electron chi connectivity index (χ0n) is 17.0. The van der Waals surface area contributed by atoms with Crippen LogP contribution in [-0.2, 0) is 8.23 Å². The zero-order valence-corrected chi connectivity index (χ0v) is 20.0. The van der Waals surface area contributed by atoms with Crippen LogP contribution in [0.2, 0.25) is 51.9 Å². The highest BCUT2D eigenvalue weighted by Gasteiger charge is 2.40. The molecule has 134 valence electrons. The third-order valence-electron chi connectivity index (χ3n) is 3.56. The van der Waals surface area contributed by atoms with Crippen LogP contribution in [0.25, 0.3) is 0 Å². The Kier molecular flexibility index (Phi) is 8.78. The molecule has 0 N–H and O–H groups in total. The largest absolute Gasteiger partial charge is 0.437 e. The minimum absolute atomic E-state index is 1.12. The van der Waals surface area contributed by atoms with Crippen molar-refractivity contribution in [2.24, 2.45) is 0 Å². The molecule has 0 radical (unpaired) electrons. The average molecular weight is 365 g/mol. The third kappa shape index (κ3) is 12.0. The fourth-order valence-corrected chi connectivity index (χ4v) is 15.5. The molecular weight excluding hydrogens is 322 g/mol. The molecule has 3 nitrogen and oxygen atoms in total. The molecule has 0 aromatic carbocycles. The Morgan fingerprint density at radius 3 is 1.50 bits per heavy atom. The van der Waals surface area contributed by atoms with E-state index in [2.05, 4.69) is 66.8 Å². The third-order valence-corrected chi connectivity index (χ3v) is 13.2. The minimum Gasteiger partial charge on any atom is -0.437 e. The molecule has 22 heavy (non-hydrogen) atoms. The van der Waals surface area contributed by atoms with E-state index in [-0.39, 0.29) is 0 Å². The van der Waals surface area contributed by atoms with Crippen molar-refractivity contribution in [3.63, 3.8) is 0 Å². The lowest BCUT2D eigenvalue weighted by Crippen LogP contribution is -2.53. The second kappa shape index (κ2) is 8.58. The second-order valence-electron chi connectivity index (χ2n) is 9.40. The van der Waals surface area contributed by atoms with Gasteiger partial charge in [-0.25, -0.2) is 0 Å². The van der Waals surface area contributed by atoms with E-state index >= 15 is 0 Å². The first-order valence-corrected chi connectivity index (χ1v) is 18.2. The molecule has 0 aromatic rings. The van der Waals surface area contributed by atoms with Gasteiger partial charge >= 0.3 is 8.56 Å². The van der Waals surface area contributed by atoms with Crippen LogP contribution in [-0.4, -0.2) is 56.9 Å². The lowest BCUT2D eigenvalue weighted by atomic mass is 10.3. The van der Waals surface area contributed by atoms with Crippen molar-refractivity contribution in [3.8, 4) is 0 Å². The molecule has 0 saturated carbocycles. The van der Waals surface area contributed by atoms with Crippen molar-refractivity contribution >= 4 is 25.2 Å². The van der Waals surface area contributed by atoms with Crippen LogP contribution in [0.1, 0.15) is 26.2 Å². The van der Waals surface area contributed by atoms with E-state index in [9.17, 15) is 0 Å². The van der Waals surface area contributed by atoms with E-state index in [1.54, 1.807) is 0 Å². The molecule has 0 rings (SSSR count). The van der Waals surface area contributed by atoms with Gasteiger partial charge in [0, 0.05) is 0 Å². The Bertz CT molecular complexity index is 306. The lowest BCUT2D eigenvalue weighted by Gasteiger charge is -2.39. The summed E-state index contributed by atoms with van der Waals surface area (Å²) in [6.07, 6.45) is 3.82. The summed E-state index contributed by atoms with van der Waals surface area (Å²) in [5.41, 5.74) is 0. The van der Waals surface area contributed by atoms with Gasteiger partial charge in [-0.2, -0.15) is 0 Å². The zero-order chi connectivity index (χ0) is 17.7. The van der Waals surface area contributed by atoms with Crippen molar-refractivity contribution in [2.45, 2.75) is 78.1 Å². The maximum atomic E-state index is 6.58.